The average Bonchev–Trinajstić information content (AvgIpc) is 2.37. The molecule has 0 spiro atoms. The molecule has 0 radical (unpaired) electrons. The van der Waals surface area contributed by atoms with Gasteiger partial charge < -0.3 is 5.11 Å². The number of aryl methyl sites for hydroxylation is 1. The van der Waals surface area contributed by atoms with E-state index in [9.17, 15) is 23.1 Å². The van der Waals surface area contributed by atoms with E-state index in [1.165, 1.54) is 12.1 Å². The quantitative estimate of drug-likeness (QED) is 0.886. The van der Waals surface area contributed by atoms with Crippen LogP contribution in [0.1, 0.15) is 21.5 Å². The summed E-state index contributed by atoms with van der Waals surface area (Å²) < 4.78 is 37.5. The number of hydrogen-bond donors (Lipinski definition) is 1. The summed E-state index contributed by atoms with van der Waals surface area (Å²) in [5.74, 6) is -1.10. The van der Waals surface area contributed by atoms with Crippen molar-refractivity contribution in [3.63, 3.8) is 0 Å². The van der Waals surface area contributed by atoms with Gasteiger partial charge in [0.25, 0.3) is 0 Å². The second-order valence-corrected chi connectivity index (χ2v) is 4.38. The molecular formula is C15H11F3O2. The van der Waals surface area contributed by atoms with Gasteiger partial charge in [0.05, 0.1) is 11.1 Å². The van der Waals surface area contributed by atoms with Crippen LogP contribution in [0, 0.1) is 6.92 Å². The Bertz CT molecular complexity index is 643. The van der Waals surface area contributed by atoms with Crippen molar-refractivity contribution in [2.75, 3.05) is 0 Å². The van der Waals surface area contributed by atoms with Crippen molar-refractivity contribution in [3.8, 4) is 11.1 Å². The lowest BCUT2D eigenvalue weighted by Crippen LogP contribution is -2.05. The summed E-state index contributed by atoms with van der Waals surface area (Å²) in [5.41, 5.74) is 0.762. The first-order chi connectivity index (χ1) is 9.30. The number of halogens is 3. The van der Waals surface area contributed by atoms with E-state index in [-0.39, 0.29) is 5.56 Å². The van der Waals surface area contributed by atoms with Gasteiger partial charge in [0, 0.05) is 0 Å². The van der Waals surface area contributed by atoms with Gasteiger partial charge >= 0.3 is 12.1 Å². The van der Waals surface area contributed by atoms with Crippen LogP contribution in [0.5, 0.6) is 0 Å². The molecule has 0 saturated heterocycles. The molecule has 104 valence electrons. The highest BCUT2D eigenvalue weighted by atomic mass is 19.4. The Kier molecular flexibility index (Phi) is 3.53. The normalized spacial score (nSPS) is 11.4. The molecule has 2 aromatic carbocycles. The van der Waals surface area contributed by atoms with E-state index < -0.39 is 17.7 Å². The van der Waals surface area contributed by atoms with Crippen LogP contribution >= 0.6 is 0 Å². The monoisotopic (exact) mass is 280 g/mol. The number of hydrogen-bond acceptors (Lipinski definition) is 1. The van der Waals surface area contributed by atoms with Crippen molar-refractivity contribution in [2.24, 2.45) is 0 Å². The molecule has 0 heterocycles. The Labute approximate surface area is 113 Å². The summed E-state index contributed by atoms with van der Waals surface area (Å²) in [4.78, 5) is 11.3. The second kappa shape index (κ2) is 5.00. The molecule has 2 nitrogen and oxygen atoms in total. The molecule has 0 aliphatic carbocycles. The van der Waals surface area contributed by atoms with Crippen molar-refractivity contribution in [1.29, 1.82) is 0 Å². The fourth-order valence-electron chi connectivity index (χ4n) is 2.03. The van der Waals surface area contributed by atoms with Crippen LogP contribution in [0.25, 0.3) is 11.1 Å². The van der Waals surface area contributed by atoms with Crippen LogP contribution in [0.4, 0.5) is 13.2 Å². The largest absolute Gasteiger partial charge is 0.478 e. The van der Waals surface area contributed by atoms with Gasteiger partial charge in [0.1, 0.15) is 0 Å². The highest BCUT2D eigenvalue weighted by Gasteiger charge is 2.30. The molecule has 20 heavy (non-hydrogen) atoms. The Morgan fingerprint density at radius 2 is 1.65 bits per heavy atom. The number of aromatic carboxylic acids is 1. The topological polar surface area (TPSA) is 37.3 Å². The van der Waals surface area contributed by atoms with Crippen LogP contribution in [-0.2, 0) is 6.18 Å². The summed E-state index contributed by atoms with van der Waals surface area (Å²) in [6.07, 6.45) is -4.40. The molecule has 5 heteroatoms. The van der Waals surface area contributed by atoms with E-state index in [1.807, 2.05) is 0 Å². The lowest BCUT2D eigenvalue weighted by molar-refractivity contribution is -0.137. The molecule has 0 fully saturated rings. The number of carboxylic acid groups (broad SMARTS) is 1. The van der Waals surface area contributed by atoms with Gasteiger partial charge in [0.2, 0.25) is 0 Å². The van der Waals surface area contributed by atoms with E-state index in [0.717, 1.165) is 12.1 Å². The van der Waals surface area contributed by atoms with E-state index >= 15 is 0 Å². The number of carbonyl (C=O) groups is 1. The molecule has 1 N–H and O–H groups in total. The smallest absolute Gasteiger partial charge is 0.416 e. The number of alkyl halides is 3. The number of benzene rings is 2. The lowest BCUT2D eigenvalue weighted by atomic mass is 9.95. The highest BCUT2D eigenvalue weighted by Crippen LogP contribution is 2.32. The standard InChI is InChI=1S/C15H11F3O2/c1-9-3-2-4-12(13(9)14(19)20)10-5-7-11(8-6-10)15(16,17)18/h2-8H,1H3,(H,19,20). The highest BCUT2D eigenvalue weighted by molar-refractivity contribution is 5.97. The van der Waals surface area contributed by atoms with Crippen molar-refractivity contribution < 1.29 is 23.1 Å². The average molecular weight is 280 g/mol. The summed E-state index contributed by atoms with van der Waals surface area (Å²) >= 11 is 0. The first kappa shape index (κ1) is 14.1. The summed E-state index contributed by atoms with van der Waals surface area (Å²) in [7, 11) is 0. The Morgan fingerprint density at radius 3 is 2.15 bits per heavy atom. The molecule has 2 rings (SSSR count). The van der Waals surface area contributed by atoms with Crippen LogP contribution in [0.15, 0.2) is 42.5 Å². The SMILES string of the molecule is Cc1cccc(-c2ccc(C(F)(F)F)cc2)c1C(=O)O. The molecule has 0 aliphatic rings. The van der Waals surface area contributed by atoms with Crippen molar-refractivity contribution >= 4 is 5.97 Å². The first-order valence-electron chi connectivity index (χ1n) is 5.81. The third-order valence-electron chi connectivity index (χ3n) is 3.01. The second-order valence-electron chi connectivity index (χ2n) is 4.38. The minimum absolute atomic E-state index is 0.104. The van der Waals surface area contributed by atoms with Gasteiger partial charge in [-0.05, 0) is 35.7 Å². The van der Waals surface area contributed by atoms with Gasteiger partial charge in [-0.3, -0.25) is 0 Å². The van der Waals surface area contributed by atoms with Crippen LogP contribution in [0.2, 0.25) is 0 Å². The molecule has 0 saturated carbocycles. The maximum absolute atomic E-state index is 12.5. The van der Waals surface area contributed by atoms with Gasteiger partial charge in [-0.1, -0.05) is 30.3 Å². The number of rotatable bonds is 2. The Morgan fingerprint density at radius 1 is 1.05 bits per heavy atom. The zero-order valence-electron chi connectivity index (χ0n) is 10.5. The predicted octanol–water partition coefficient (Wildman–Crippen LogP) is 4.38. The molecule has 2 aromatic rings. The summed E-state index contributed by atoms with van der Waals surface area (Å²) in [6.45, 7) is 1.65. The molecule has 0 aromatic heterocycles. The number of carboxylic acids is 1. The molecule has 0 amide bonds. The van der Waals surface area contributed by atoms with Crippen LogP contribution < -0.4 is 0 Å². The van der Waals surface area contributed by atoms with Gasteiger partial charge in [-0.15, -0.1) is 0 Å². The fraction of sp³-hybridized carbons (Fsp3) is 0.133. The summed E-state index contributed by atoms with van der Waals surface area (Å²) in [5, 5.41) is 9.21. The van der Waals surface area contributed by atoms with Crippen LogP contribution in [0.3, 0.4) is 0 Å². The third-order valence-corrected chi connectivity index (χ3v) is 3.01. The minimum Gasteiger partial charge on any atom is -0.478 e. The zero-order valence-corrected chi connectivity index (χ0v) is 10.5. The van der Waals surface area contributed by atoms with Crippen molar-refractivity contribution in [2.45, 2.75) is 13.1 Å². The van der Waals surface area contributed by atoms with Gasteiger partial charge in [-0.2, -0.15) is 13.2 Å². The lowest BCUT2D eigenvalue weighted by Gasteiger charge is -2.11. The summed E-state index contributed by atoms with van der Waals surface area (Å²) in [6, 6.07) is 9.37. The maximum Gasteiger partial charge on any atom is 0.416 e. The molecule has 0 atom stereocenters. The predicted molar refractivity (Wildman–Crippen MR) is 68.6 cm³/mol. The van der Waals surface area contributed by atoms with Crippen molar-refractivity contribution in [3.05, 3.63) is 59.2 Å². The van der Waals surface area contributed by atoms with Crippen LogP contribution in [-0.4, -0.2) is 11.1 Å². The maximum atomic E-state index is 12.5. The Hall–Kier alpha value is -2.30. The van der Waals surface area contributed by atoms with E-state index in [1.54, 1.807) is 25.1 Å². The zero-order chi connectivity index (χ0) is 14.9. The van der Waals surface area contributed by atoms with Crippen molar-refractivity contribution in [1.82, 2.24) is 0 Å². The molecule has 0 bridgehead atoms. The molecule has 0 aliphatic heterocycles. The van der Waals surface area contributed by atoms with Gasteiger partial charge in [0.15, 0.2) is 0 Å². The Balaban J connectivity index is 2.53. The van der Waals surface area contributed by atoms with E-state index in [2.05, 4.69) is 0 Å². The first-order valence-corrected chi connectivity index (χ1v) is 5.81. The van der Waals surface area contributed by atoms with Gasteiger partial charge in [-0.25, -0.2) is 4.79 Å². The fourth-order valence-corrected chi connectivity index (χ4v) is 2.03. The van der Waals surface area contributed by atoms with E-state index in [4.69, 9.17) is 0 Å². The minimum atomic E-state index is -4.40. The molecule has 0 unspecified atom stereocenters. The molecular weight excluding hydrogens is 269 g/mol. The third kappa shape index (κ3) is 2.66. The van der Waals surface area contributed by atoms with E-state index in [0.29, 0.717) is 16.7 Å².